The van der Waals surface area contributed by atoms with Crippen LogP contribution in [-0.4, -0.2) is 13.3 Å². The zero-order chi connectivity index (χ0) is 13.1. The smallest absolute Gasteiger partial charge is 0.106 e. The van der Waals surface area contributed by atoms with Crippen LogP contribution in [0.3, 0.4) is 0 Å². The summed E-state index contributed by atoms with van der Waals surface area (Å²) in [5.74, 6) is 1.95. The van der Waals surface area contributed by atoms with Gasteiger partial charge < -0.3 is 9.73 Å². The van der Waals surface area contributed by atoms with E-state index >= 15 is 0 Å². The normalized spacial score (nSPS) is 12.7. The Kier molecular flexibility index (Phi) is 4.15. The van der Waals surface area contributed by atoms with Crippen molar-refractivity contribution in [2.24, 2.45) is 0 Å². The van der Waals surface area contributed by atoms with Crippen molar-refractivity contribution in [1.82, 2.24) is 5.32 Å². The maximum atomic E-state index is 5.62. The van der Waals surface area contributed by atoms with Gasteiger partial charge in [0.25, 0.3) is 0 Å². The zero-order valence-corrected chi connectivity index (χ0v) is 12.1. The van der Waals surface area contributed by atoms with E-state index in [-0.39, 0.29) is 6.04 Å². The van der Waals surface area contributed by atoms with Crippen LogP contribution in [0, 0.1) is 13.8 Å². The van der Waals surface area contributed by atoms with Crippen LogP contribution < -0.4 is 5.32 Å². The number of hydrogen-bond acceptors (Lipinski definition) is 3. The third-order valence-corrected chi connectivity index (χ3v) is 3.87. The largest absolute Gasteiger partial charge is 0.466 e. The lowest BCUT2D eigenvalue weighted by molar-refractivity contribution is 0.497. The zero-order valence-electron chi connectivity index (χ0n) is 11.3. The van der Waals surface area contributed by atoms with Crippen LogP contribution in [0.25, 0.3) is 0 Å². The number of nitrogens with one attached hydrogen (secondary N) is 1. The Hall–Kier alpha value is -1.19. The topological polar surface area (TPSA) is 25.2 Å². The number of furan rings is 1. The first-order chi connectivity index (χ1) is 8.65. The Morgan fingerprint density at radius 2 is 1.83 bits per heavy atom. The molecule has 3 heteroatoms. The minimum atomic E-state index is 0.193. The third-order valence-electron chi connectivity index (χ3n) is 3.13. The first-order valence-electron chi connectivity index (χ1n) is 6.04. The van der Waals surface area contributed by atoms with Crippen molar-refractivity contribution in [3.8, 4) is 0 Å². The Bertz CT molecular complexity index is 516. The maximum absolute atomic E-state index is 5.62. The van der Waals surface area contributed by atoms with Crippen LogP contribution in [-0.2, 0) is 0 Å². The maximum Gasteiger partial charge on any atom is 0.106 e. The van der Waals surface area contributed by atoms with Gasteiger partial charge in [0.1, 0.15) is 11.5 Å². The van der Waals surface area contributed by atoms with E-state index in [2.05, 4.69) is 41.9 Å². The Morgan fingerprint density at radius 1 is 1.17 bits per heavy atom. The van der Waals surface area contributed by atoms with Gasteiger partial charge in [0.05, 0.1) is 6.04 Å². The van der Waals surface area contributed by atoms with E-state index in [1.807, 2.05) is 20.9 Å². The van der Waals surface area contributed by atoms with Gasteiger partial charge in [-0.3, -0.25) is 0 Å². The van der Waals surface area contributed by atoms with Crippen molar-refractivity contribution < 1.29 is 4.42 Å². The second-order valence-corrected chi connectivity index (χ2v) is 5.24. The van der Waals surface area contributed by atoms with Crippen LogP contribution >= 0.6 is 11.8 Å². The minimum absolute atomic E-state index is 0.193. The molecule has 2 nitrogen and oxygen atoms in total. The lowest BCUT2D eigenvalue weighted by Crippen LogP contribution is -2.17. The van der Waals surface area contributed by atoms with E-state index in [1.54, 1.807) is 11.8 Å². The monoisotopic (exact) mass is 261 g/mol. The number of hydrogen-bond donors (Lipinski definition) is 1. The molecule has 1 aromatic heterocycles. The van der Waals surface area contributed by atoms with Gasteiger partial charge >= 0.3 is 0 Å². The van der Waals surface area contributed by atoms with Crippen molar-refractivity contribution >= 4 is 11.8 Å². The first kappa shape index (κ1) is 13.2. The second-order valence-electron chi connectivity index (χ2n) is 4.36. The van der Waals surface area contributed by atoms with E-state index in [0.29, 0.717) is 0 Å². The molecule has 0 saturated carbocycles. The molecule has 0 aliphatic heterocycles. The number of thioether (sulfide) groups is 1. The molecule has 0 saturated heterocycles. The van der Waals surface area contributed by atoms with Gasteiger partial charge in [-0.1, -0.05) is 12.1 Å². The predicted molar refractivity (Wildman–Crippen MR) is 77.3 cm³/mol. The van der Waals surface area contributed by atoms with E-state index in [9.17, 15) is 0 Å². The molecule has 1 aromatic carbocycles. The molecule has 1 unspecified atom stereocenters. The molecule has 2 rings (SSSR count). The van der Waals surface area contributed by atoms with Gasteiger partial charge in [-0.25, -0.2) is 0 Å². The highest BCUT2D eigenvalue weighted by Gasteiger charge is 2.17. The number of benzene rings is 1. The molecular formula is C15H19NOS. The SMILES string of the molecule is CNC(c1ccc(SC)cc1)c1cc(C)oc1C. The van der Waals surface area contributed by atoms with Crippen LogP contribution in [0.5, 0.6) is 0 Å². The minimum Gasteiger partial charge on any atom is -0.466 e. The fourth-order valence-corrected chi connectivity index (χ4v) is 2.64. The molecule has 0 fully saturated rings. The molecule has 1 heterocycles. The molecule has 96 valence electrons. The van der Waals surface area contributed by atoms with Crippen LogP contribution in [0.4, 0.5) is 0 Å². The highest BCUT2D eigenvalue weighted by atomic mass is 32.2. The molecule has 2 aromatic rings. The first-order valence-corrected chi connectivity index (χ1v) is 7.26. The summed E-state index contributed by atoms with van der Waals surface area (Å²) >= 11 is 1.76. The second kappa shape index (κ2) is 5.63. The molecule has 0 aliphatic carbocycles. The lowest BCUT2D eigenvalue weighted by atomic mass is 9.99. The van der Waals surface area contributed by atoms with Gasteiger partial charge in [0.2, 0.25) is 0 Å². The third kappa shape index (κ3) is 2.62. The van der Waals surface area contributed by atoms with Gasteiger partial charge in [-0.15, -0.1) is 11.8 Å². The molecule has 1 N–H and O–H groups in total. The standard InChI is InChI=1S/C15H19NOS/c1-10-9-14(11(2)17-10)15(16-3)12-5-7-13(18-4)8-6-12/h5-9,15-16H,1-4H3. The predicted octanol–water partition coefficient (Wildman–Crippen LogP) is 3.93. The Morgan fingerprint density at radius 3 is 2.28 bits per heavy atom. The van der Waals surface area contributed by atoms with Crippen molar-refractivity contribution in [3.05, 3.63) is 53.0 Å². The number of aryl methyl sites for hydroxylation is 2. The van der Waals surface area contributed by atoms with Crippen molar-refractivity contribution in [2.45, 2.75) is 24.8 Å². The molecular weight excluding hydrogens is 242 g/mol. The molecule has 0 spiro atoms. The summed E-state index contributed by atoms with van der Waals surface area (Å²) in [6, 6.07) is 11.0. The quantitative estimate of drug-likeness (QED) is 0.844. The molecule has 18 heavy (non-hydrogen) atoms. The van der Waals surface area contributed by atoms with Crippen LogP contribution in [0.2, 0.25) is 0 Å². The summed E-state index contributed by atoms with van der Waals surface area (Å²) in [4.78, 5) is 1.29. The van der Waals surface area contributed by atoms with Crippen LogP contribution in [0.15, 0.2) is 39.6 Å². The van der Waals surface area contributed by atoms with E-state index in [1.165, 1.54) is 16.0 Å². The Labute approximate surface area is 113 Å². The molecule has 0 amide bonds. The summed E-state index contributed by atoms with van der Waals surface area (Å²) in [6.07, 6.45) is 2.09. The highest BCUT2D eigenvalue weighted by molar-refractivity contribution is 7.98. The number of rotatable bonds is 4. The van der Waals surface area contributed by atoms with Crippen molar-refractivity contribution in [2.75, 3.05) is 13.3 Å². The average molecular weight is 261 g/mol. The van der Waals surface area contributed by atoms with Gasteiger partial charge in [0, 0.05) is 10.5 Å². The van der Waals surface area contributed by atoms with Gasteiger partial charge in [-0.2, -0.15) is 0 Å². The van der Waals surface area contributed by atoms with E-state index in [4.69, 9.17) is 4.42 Å². The summed E-state index contributed by atoms with van der Waals surface area (Å²) in [7, 11) is 1.98. The summed E-state index contributed by atoms with van der Waals surface area (Å²) in [5.41, 5.74) is 2.48. The van der Waals surface area contributed by atoms with E-state index < -0.39 is 0 Å². The summed E-state index contributed by atoms with van der Waals surface area (Å²) < 4.78 is 5.62. The lowest BCUT2D eigenvalue weighted by Gasteiger charge is -2.16. The fraction of sp³-hybridized carbons (Fsp3) is 0.333. The molecule has 0 bridgehead atoms. The summed E-state index contributed by atoms with van der Waals surface area (Å²) in [5, 5.41) is 3.36. The van der Waals surface area contributed by atoms with E-state index in [0.717, 1.165) is 11.5 Å². The van der Waals surface area contributed by atoms with Gasteiger partial charge in [-0.05, 0) is 50.9 Å². The molecule has 0 radical (unpaired) electrons. The van der Waals surface area contributed by atoms with Gasteiger partial charge in [0.15, 0.2) is 0 Å². The summed E-state index contributed by atoms with van der Waals surface area (Å²) in [6.45, 7) is 4.00. The fourth-order valence-electron chi connectivity index (χ4n) is 2.24. The molecule has 0 aliphatic rings. The average Bonchev–Trinajstić information content (AvgIpc) is 2.70. The highest BCUT2D eigenvalue weighted by Crippen LogP contribution is 2.28. The van der Waals surface area contributed by atoms with Crippen molar-refractivity contribution in [1.29, 1.82) is 0 Å². The van der Waals surface area contributed by atoms with Crippen molar-refractivity contribution in [3.63, 3.8) is 0 Å². The Balaban J connectivity index is 2.35. The molecule has 1 atom stereocenters. The van der Waals surface area contributed by atoms with Crippen LogP contribution in [0.1, 0.15) is 28.7 Å².